The molecule has 0 aliphatic heterocycles. The molecule has 70 heavy (non-hydrogen) atoms. The molecule has 0 aromatic rings. The lowest BCUT2D eigenvalue weighted by Crippen LogP contribution is -2.30. The second kappa shape index (κ2) is 58.4. The molecule has 0 bridgehead atoms. The number of unbranched alkanes of at least 4 members (excludes halogenated alkanes) is 31. The number of allylic oxidation sites excluding steroid dienone is 12. The van der Waals surface area contributed by atoms with Gasteiger partial charge in [-0.1, -0.05) is 280 Å². The van der Waals surface area contributed by atoms with Crippen LogP contribution < -0.4 is 0 Å². The molecule has 0 rings (SSSR count). The van der Waals surface area contributed by atoms with E-state index in [1.807, 2.05) is 0 Å². The predicted octanol–water partition coefficient (Wildman–Crippen LogP) is 20.2. The number of esters is 3. The van der Waals surface area contributed by atoms with E-state index in [4.69, 9.17) is 14.2 Å². The Balaban J connectivity index is 4.34. The van der Waals surface area contributed by atoms with Crippen molar-refractivity contribution in [3.63, 3.8) is 0 Å². The molecule has 0 aliphatic carbocycles. The first kappa shape index (κ1) is 66.9. The van der Waals surface area contributed by atoms with Crippen molar-refractivity contribution in [3.05, 3.63) is 72.9 Å². The van der Waals surface area contributed by atoms with Gasteiger partial charge in [0.05, 0.1) is 0 Å². The molecule has 0 aromatic heterocycles. The van der Waals surface area contributed by atoms with Gasteiger partial charge >= 0.3 is 17.9 Å². The van der Waals surface area contributed by atoms with Gasteiger partial charge in [-0.3, -0.25) is 14.4 Å². The van der Waals surface area contributed by atoms with E-state index in [0.717, 1.165) is 96.3 Å². The Morgan fingerprint density at radius 2 is 0.557 bits per heavy atom. The Morgan fingerprint density at radius 1 is 0.300 bits per heavy atom. The fourth-order valence-corrected chi connectivity index (χ4v) is 8.51. The molecule has 0 amide bonds. The molecule has 1 atom stereocenters. The van der Waals surface area contributed by atoms with Gasteiger partial charge in [0.15, 0.2) is 6.10 Å². The van der Waals surface area contributed by atoms with Crippen LogP contribution in [0.4, 0.5) is 0 Å². The molecule has 0 spiro atoms. The maximum absolute atomic E-state index is 12.9. The maximum Gasteiger partial charge on any atom is 0.306 e. The Hall–Kier alpha value is -3.15. The van der Waals surface area contributed by atoms with Crippen molar-refractivity contribution in [2.45, 2.75) is 303 Å². The molecule has 404 valence electrons. The third-order valence-electron chi connectivity index (χ3n) is 13.0. The zero-order valence-electron chi connectivity index (χ0n) is 46.3. The molecule has 6 nitrogen and oxygen atoms in total. The minimum Gasteiger partial charge on any atom is -0.462 e. The van der Waals surface area contributed by atoms with Gasteiger partial charge in [0.25, 0.3) is 0 Å². The molecule has 1 unspecified atom stereocenters. The monoisotopic (exact) mass is 977 g/mol. The quantitative estimate of drug-likeness (QED) is 0.0261. The van der Waals surface area contributed by atoms with Crippen molar-refractivity contribution in [3.8, 4) is 0 Å². The highest BCUT2D eigenvalue weighted by atomic mass is 16.6. The first-order valence-electron chi connectivity index (χ1n) is 29.9. The molecule has 0 N–H and O–H groups in total. The number of carbonyl (C=O) groups is 3. The van der Waals surface area contributed by atoms with Crippen molar-refractivity contribution in [2.24, 2.45) is 0 Å². The van der Waals surface area contributed by atoms with Crippen molar-refractivity contribution < 1.29 is 28.6 Å². The van der Waals surface area contributed by atoms with Gasteiger partial charge in [-0.2, -0.15) is 0 Å². The summed E-state index contributed by atoms with van der Waals surface area (Å²) < 4.78 is 16.8. The van der Waals surface area contributed by atoms with Gasteiger partial charge in [-0.15, -0.1) is 0 Å². The zero-order valence-corrected chi connectivity index (χ0v) is 46.3. The average molecular weight is 978 g/mol. The molecule has 0 saturated carbocycles. The largest absolute Gasteiger partial charge is 0.462 e. The van der Waals surface area contributed by atoms with Gasteiger partial charge in [0.1, 0.15) is 13.2 Å². The summed E-state index contributed by atoms with van der Waals surface area (Å²) in [6.45, 7) is 6.51. The molecule has 0 heterocycles. The first-order valence-corrected chi connectivity index (χ1v) is 29.9. The number of ether oxygens (including phenoxy) is 3. The maximum atomic E-state index is 12.9. The van der Waals surface area contributed by atoms with Gasteiger partial charge in [0, 0.05) is 19.3 Å². The highest BCUT2D eigenvalue weighted by Crippen LogP contribution is 2.17. The predicted molar refractivity (Wildman–Crippen MR) is 302 cm³/mol. The highest BCUT2D eigenvalue weighted by Gasteiger charge is 2.19. The summed E-state index contributed by atoms with van der Waals surface area (Å²) in [5, 5.41) is 0. The van der Waals surface area contributed by atoms with Crippen LogP contribution in [0.1, 0.15) is 297 Å². The summed E-state index contributed by atoms with van der Waals surface area (Å²) >= 11 is 0. The molecule has 0 saturated heterocycles. The Morgan fingerprint density at radius 3 is 0.871 bits per heavy atom. The van der Waals surface area contributed by atoms with Crippen LogP contribution in [0.3, 0.4) is 0 Å². The first-order chi connectivity index (χ1) is 34.5. The molecule has 0 aromatic carbocycles. The van der Waals surface area contributed by atoms with E-state index in [-0.39, 0.29) is 31.1 Å². The summed E-state index contributed by atoms with van der Waals surface area (Å²) in [5.74, 6) is -0.920. The summed E-state index contributed by atoms with van der Waals surface area (Å²) in [4.78, 5) is 38.1. The molecular formula is C64H112O6. The third kappa shape index (κ3) is 55.8. The van der Waals surface area contributed by atoms with Crippen molar-refractivity contribution in [1.29, 1.82) is 0 Å². The standard InChI is InChI=1S/C64H112O6/c1-4-7-10-13-16-19-22-24-26-28-30-32-34-36-38-40-42-45-48-51-54-57-63(66)69-60-61(59-68-62(65)56-53-50-47-44-21-18-15-12-9-6-3)70-64(67)58-55-52-49-46-43-41-39-37-35-33-31-29-27-25-23-20-17-14-11-8-5-2/h7,10,16,19,24,26,30,32,36,38,42,45,61H,4-6,8-9,11-15,17-18,20-23,25,27-29,31,33-35,37,39-41,43-44,46-60H2,1-3H3/b10-7-,19-16-,26-24-,32-30-,38-36-,45-42-. The van der Waals surface area contributed by atoms with E-state index < -0.39 is 6.10 Å². The van der Waals surface area contributed by atoms with E-state index in [9.17, 15) is 14.4 Å². The van der Waals surface area contributed by atoms with E-state index >= 15 is 0 Å². The van der Waals surface area contributed by atoms with E-state index in [0.29, 0.717) is 19.3 Å². The highest BCUT2D eigenvalue weighted by molar-refractivity contribution is 5.71. The lowest BCUT2D eigenvalue weighted by Gasteiger charge is -2.18. The molecule has 0 aliphatic rings. The van der Waals surface area contributed by atoms with Crippen molar-refractivity contribution in [1.82, 2.24) is 0 Å². The minimum atomic E-state index is -0.790. The van der Waals surface area contributed by atoms with Crippen LogP contribution in [0.25, 0.3) is 0 Å². The fourth-order valence-electron chi connectivity index (χ4n) is 8.51. The van der Waals surface area contributed by atoms with Crippen molar-refractivity contribution >= 4 is 17.9 Å². The smallest absolute Gasteiger partial charge is 0.306 e. The van der Waals surface area contributed by atoms with Crippen molar-refractivity contribution in [2.75, 3.05) is 13.2 Å². The van der Waals surface area contributed by atoms with Gasteiger partial charge in [-0.25, -0.2) is 0 Å². The second-order valence-electron chi connectivity index (χ2n) is 19.9. The Labute approximate surface area is 433 Å². The number of rotatable bonds is 54. The van der Waals surface area contributed by atoms with Gasteiger partial charge < -0.3 is 14.2 Å². The average Bonchev–Trinajstić information content (AvgIpc) is 3.36. The van der Waals surface area contributed by atoms with Crippen LogP contribution in [-0.2, 0) is 28.6 Å². The van der Waals surface area contributed by atoms with Crippen LogP contribution in [0.15, 0.2) is 72.9 Å². The molecular weight excluding hydrogens is 865 g/mol. The Bertz CT molecular complexity index is 1310. The van der Waals surface area contributed by atoms with Gasteiger partial charge in [-0.05, 0) is 70.6 Å². The van der Waals surface area contributed by atoms with Crippen LogP contribution in [0, 0.1) is 0 Å². The number of carbonyl (C=O) groups excluding carboxylic acids is 3. The minimum absolute atomic E-state index is 0.0857. The van der Waals surface area contributed by atoms with E-state index in [1.165, 1.54) is 161 Å². The van der Waals surface area contributed by atoms with Crippen LogP contribution in [0.2, 0.25) is 0 Å². The summed E-state index contributed by atoms with van der Waals surface area (Å²) in [7, 11) is 0. The van der Waals surface area contributed by atoms with Crippen LogP contribution in [-0.4, -0.2) is 37.2 Å². The molecule has 0 fully saturated rings. The third-order valence-corrected chi connectivity index (χ3v) is 13.0. The number of hydrogen-bond acceptors (Lipinski definition) is 6. The lowest BCUT2D eigenvalue weighted by molar-refractivity contribution is -0.167. The Kier molecular flexibility index (Phi) is 55.8. The van der Waals surface area contributed by atoms with E-state index in [2.05, 4.69) is 93.7 Å². The lowest BCUT2D eigenvalue weighted by atomic mass is 10.0. The van der Waals surface area contributed by atoms with Crippen LogP contribution >= 0.6 is 0 Å². The summed E-state index contributed by atoms with van der Waals surface area (Å²) in [6, 6.07) is 0. The topological polar surface area (TPSA) is 78.9 Å². The van der Waals surface area contributed by atoms with Gasteiger partial charge in [0.2, 0.25) is 0 Å². The molecule has 6 heteroatoms. The second-order valence-corrected chi connectivity index (χ2v) is 19.9. The normalized spacial score (nSPS) is 12.6. The summed E-state index contributed by atoms with van der Waals surface area (Å²) in [6.07, 6.45) is 74.8. The SMILES string of the molecule is CC/C=C\C/C=C\C/C=C\C/C=C\C/C=C\C/C=C\CCCCC(=O)OCC(COC(=O)CCCCCCCCCCCC)OC(=O)CCCCCCCCCCCCCCCCCCCCCCC. The van der Waals surface area contributed by atoms with Crippen LogP contribution in [0.5, 0.6) is 0 Å². The zero-order chi connectivity index (χ0) is 50.7. The van der Waals surface area contributed by atoms with E-state index in [1.54, 1.807) is 0 Å². The molecule has 0 radical (unpaired) electrons. The number of hydrogen-bond donors (Lipinski definition) is 0. The summed E-state index contributed by atoms with van der Waals surface area (Å²) in [5.41, 5.74) is 0. The fraction of sp³-hybridized carbons (Fsp3) is 0.766.